The molecule has 1 N–H and O–H groups in total. The van der Waals surface area contributed by atoms with E-state index in [1.807, 2.05) is 6.07 Å². The smallest absolute Gasteiger partial charge is 0.264 e. The molecular formula is C25H27ClN2O5S. The van der Waals surface area contributed by atoms with Gasteiger partial charge in [-0.1, -0.05) is 41.9 Å². The summed E-state index contributed by atoms with van der Waals surface area (Å²) < 4.78 is 38.7. The fraction of sp³-hybridized carbons (Fsp3) is 0.240. The number of amides is 1. The molecule has 0 aromatic heterocycles. The number of carbonyl (C=O) groups is 1. The number of hydrogen-bond donors (Lipinski definition) is 1. The average molecular weight is 503 g/mol. The Morgan fingerprint density at radius 1 is 1.00 bits per heavy atom. The van der Waals surface area contributed by atoms with Crippen molar-refractivity contribution in [2.75, 3.05) is 25.1 Å². The maximum Gasteiger partial charge on any atom is 0.264 e. The van der Waals surface area contributed by atoms with E-state index < -0.39 is 28.5 Å². The number of hydrogen-bond acceptors (Lipinski definition) is 5. The zero-order valence-corrected chi connectivity index (χ0v) is 21.0. The Kier molecular flexibility index (Phi) is 8.06. The van der Waals surface area contributed by atoms with E-state index in [-0.39, 0.29) is 4.90 Å². The SMILES string of the molecule is COc1ccc([C@H](C)NC(=O)CN(c2cccc(Cl)c2C)S(=O)(=O)c2ccccc2)cc1OC. The molecule has 0 heterocycles. The van der Waals surface area contributed by atoms with E-state index in [1.165, 1.54) is 19.2 Å². The summed E-state index contributed by atoms with van der Waals surface area (Å²) in [5.74, 6) is 0.631. The van der Waals surface area contributed by atoms with Crippen LogP contribution in [0.5, 0.6) is 11.5 Å². The summed E-state index contributed by atoms with van der Waals surface area (Å²) >= 11 is 6.26. The largest absolute Gasteiger partial charge is 0.493 e. The van der Waals surface area contributed by atoms with E-state index >= 15 is 0 Å². The third-order valence-electron chi connectivity index (χ3n) is 5.41. The number of sulfonamides is 1. The summed E-state index contributed by atoms with van der Waals surface area (Å²) in [6, 6.07) is 17.9. The van der Waals surface area contributed by atoms with Crippen LogP contribution in [-0.2, 0) is 14.8 Å². The molecule has 0 saturated carbocycles. The normalized spacial score (nSPS) is 12.0. The maximum absolute atomic E-state index is 13.5. The van der Waals surface area contributed by atoms with Crippen LogP contribution in [0.1, 0.15) is 24.1 Å². The Morgan fingerprint density at radius 3 is 2.32 bits per heavy atom. The van der Waals surface area contributed by atoms with Crippen molar-refractivity contribution in [3.63, 3.8) is 0 Å². The van der Waals surface area contributed by atoms with Gasteiger partial charge in [-0.15, -0.1) is 0 Å². The van der Waals surface area contributed by atoms with Crippen molar-refractivity contribution in [3.8, 4) is 11.5 Å². The summed E-state index contributed by atoms with van der Waals surface area (Å²) in [5, 5.41) is 3.28. The van der Waals surface area contributed by atoms with E-state index in [4.69, 9.17) is 21.1 Å². The molecule has 3 aromatic rings. The highest BCUT2D eigenvalue weighted by Crippen LogP contribution is 2.32. The molecule has 0 aliphatic carbocycles. The second-order valence-corrected chi connectivity index (χ2v) is 9.88. The number of benzene rings is 3. The predicted molar refractivity (Wildman–Crippen MR) is 133 cm³/mol. The van der Waals surface area contributed by atoms with Crippen molar-refractivity contribution < 1.29 is 22.7 Å². The highest BCUT2D eigenvalue weighted by Gasteiger charge is 2.29. The molecule has 180 valence electrons. The fourth-order valence-corrected chi connectivity index (χ4v) is 5.18. The number of halogens is 1. The number of nitrogens with one attached hydrogen (secondary N) is 1. The first kappa shape index (κ1) is 25.4. The lowest BCUT2D eigenvalue weighted by molar-refractivity contribution is -0.120. The van der Waals surface area contributed by atoms with Crippen LogP contribution in [-0.4, -0.2) is 35.1 Å². The van der Waals surface area contributed by atoms with Crippen molar-refractivity contribution in [2.24, 2.45) is 0 Å². The van der Waals surface area contributed by atoms with Crippen LogP contribution in [0.4, 0.5) is 5.69 Å². The third-order valence-corrected chi connectivity index (χ3v) is 7.59. The molecule has 34 heavy (non-hydrogen) atoms. The Labute approximate surface area is 205 Å². The Morgan fingerprint density at radius 2 is 1.68 bits per heavy atom. The van der Waals surface area contributed by atoms with E-state index in [2.05, 4.69) is 5.32 Å². The standard InChI is InChI=1S/C25H27ClN2O5S/c1-17-21(26)11-8-12-22(17)28(34(30,31)20-9-6-5-7-10-20)16-25(29)27-18(2)19-13-14-23(32-3)24(15-19)33-4/h5-15,18H,16H2,1-4H3,(H,27,29)/t18-/m0/s1. The van der Waals surface area contributed by atoms with E-state index in [0.29, 0.717) is 27.8 Å². The van der Waals surface area contributed by atoms with Crippen LogP contribution in [0.25, 0.3) is 0 Å². The monoisotopic (exact) mass is 502 g/mol. The lowest BCUT2D eigenvalue weighted by atomic mass is 10.1. The average Bonchev–Trinajstić information content (AvgIpc) is 2.84. The molecule has 0 aliphatic rings. The van der Waals surface area contributed by atoms with Crippen LogP contribution >= 0.6 is 11.6 Å². The van der Waals surface area contributed by atoms with Gasteiger partial charge in [-0.25, -0.2) is 8.42 Å². The zero-order valence-electron chi connectivity index (χ0n) is 19.4. The van der Waals surface area contributed by atoms with Crippen molar-refractivity contribution in [2.45, 2.75) is 24.8 Å². The first-order valence-corrected chi connectivity index (χ1v) is 12.3. The van der Waals surface area contributed by atoms with Crippen molar-refractivity contribution in [1.82, 2.24) is 5.32 Å². The first-order chi connectivity index (χ1) is 16.2. The number of methoxy groups -OCH3 is 2. The Bertz CT molecular complexity index is 1270. The number of ether oxygens (including phenoxy) is 2. The number of nitrogens with zero attached hydrogens (tertiary/aromatic N) is 1. The highest BCUT2D eigenvalue weighted by atomic mass is 35.5. The number of rotatable bonds is 9. The highest BCUT2D eigenvalue weighted by molar-refractivity contribution is 7.92. The molecule has 1 amide bonds. The van der Waals surface area contributed by atoms with Gasteiger partial charge in [0.1, 0.15) is 6.54 Å². The molecule has 3 aromatic carbocycles. The Balaban J connectivity index is 1.91. The molecule has 9 heteroatoms. The molecule has 0 radical (unpaired) electrons. The lowest BCUT2D eigenvalue weighted by Gasteiger charge is -2.27. The van der Waals surface area contributed by atoms with Gasteiger partial charge < -0.3 is 14.8 Å². The summed E-state index contributed by atoms with van der Waals surface area (Å²) in [5.41, 5.74) is 1.68. The third kappa shape index (κ3) is 5.46. The second kappa shape index (κ2) is 10.8. The summed E-state index contributed by atoms with van der Waals surface area (Å²) in [6.45, 7) is 3.10. The summed E-state index contributed by atoms with van der Waals surface area (Å²) in [4.78, 5) is 13.1. The number of anilines is 1. The minimum Gasteiger partial charge on any atom is -0.493 e. The van der Waals surface area contributed by atoms with Crippen molar-refractivity contribution >= 4 is 33.2 Å². The fourth-order valence-electron chi connectivity index (χ4n) is 3.51. The summed E-state index contributed by atoms with van der Waals surface area (Å²) in [7, 11) is -0.955. The topological polar surface area (TPSA) is 84.9 Å². The molecule has 0 fully saturated rings. The molecule has 1 atom stereocenters. The molecule has 0 saturated heterocycles. The molecule has 0 bridgehead atoms. The van der Waals surface area contributed by atoms with Crippen molar-refractivity contribution in [3.05, 3.63) is 82.9 Å². The van der Waals surface area contributed by atoms with Gasteiger partial charge in [-0.05, 0) is 61.4 Å². The summed E-state index contributed by atoms with van der Waals surface area (Å²) in [6.07, 6.45) is 0. The van der Waals surface area contributed by atoms with Gasteiger partial charge in [-0.3, -0.25) is 9.10 Å². The van der Waals surface area contributed by atoms with Crippen LogP contribution < -0.4 is 19.1 Å². The predicted octanol–water partition coefficient (Wildman–Crippen LogP) is 4.74. The first-order valence-electron chi connectivity index (χ1n) is 10.5. The zero-order chi connectivity index (χ0) is 24.9. The van der Waals surface area contributed by atoms with E-state index in [0.717, 1.165) is 9.87 Å². The molecule has 7 nitrogen and oxygen atoms in total. The molecule has 0 spiro atoms. The van der Waals surface area contributed by atoms with Crippen molar-refractivity contribution in [1.29, 1.82) is 0 Å². The van der Waals surface area contributed by atoms with Crippen LogP contribution in [0, 0.1) is 6.92 Å². The number of carbonyl (C=O) groups excluding carboxylic acids is 1. The quantitative estimate of drug-likeness (QED) is 0.457. The van der Waals surface area contributed by atoms with Crippen LogP contribution in [0.3, 0.4) is 0 Å². The van der Waals surface area contributed by atoms with Gasteiger partial charge >= 0.3 is 0 Å². The molecular weight excluding hydrogens is 476 g/mol. The van der Waals surface area contributed by atoms with Gasteiger partial charge in [-0.2, -0.15) is 0 Å². The maximum atomic E-state index is 13.5. The van der Waals surface area contributed by atoms with Gasteiger partial charge in [0.05, 0.1) is 30.8 Å². The van der Waals surface area contributed by atoms with Gasteiger partial charge in [0.15, 0.2) is 11.5 Å². The van der Waals surface area contributed by atoms with Gasteiger partial charge in [0.25, 0.3) is 10.0 Å². The minimum absolute atomic E-state index is 0.0788. The molecule has 0 unspecified atom stereocenters. The van der Waals surface area contributed by atoms with Gasteiger partial charge in [0.2, 0.25) is 5.91 Å². The second-order valence-electron chi connectivity index (χ2n) is 7.61. The Hall–Kier alpha value is -3.23. The van der Waals surface area contributed by atoms with Crippen LogP contribution in [0.15, 0.2) is 71.6 Å². The molecule has 0 aliphatic heterocycles. The minimum atomic E-state index is -4.03. The van der Waals surface area contributed by atoms with E-state index in [1.54, 1.807) is 69.5 Å². The molecule has 3 rings (SSSR count). The van der Waals surface area contributed by atoms with E-state index in [9.17, 15) is 13.2 Å². The van der Waals surface area contributed by atoms with Gasteiger partial charge in [0, 0.05) is 5.02 Å². The van der Waals surface area contributed by atoms with Crippen LogP contribution in [0.2, 0.25) is 5.02 Å². The lowest BCUT2D eigenvalue weighted by Crippen LogP contribution is -2.42.